The summed E-state index contributed by atoms with van der Waals surface area (Å²) in [6, 6.07) is 14.1. The van der Waals surface area contributed by atoms with Crippen molar-refractivity contribution in [3.63, 3.8) is 0 Å². The third kappa shape index (κ3) is 8.05. The van der Waals surface area contributed by atoms with E-state index in [1.807, 2.05) is 18.2 Å². The predicted molar refractivity (Wildman–Crippen MR) is 104 cm³/mol. The molecule has 27 heavy (non-hydrogen) atoms. The fourth-order valence-electron chi connectivity index (χ4n) is 2.23. The van der Waals surface area contributed by atoms with E-state index in [1.165, 1.54) is 0 Å². The van der Waals surface area contributed by atoms with Gasteiger partial charge in [0.2, 0.25) is 0 Å². The molecule has 0 aliphatic heterocycles. The zero-order chi connectivity index (χ0) is 20.1. The van der Waals surface area contributed by atoms with Gasteiger partial charge in [-0.2, -0.15) is 0 Å². The van der Waals surface area contributed by atoms with Crippen LogP contribution in [0, 0.1) is 0 Å². The van der Waals surface area contributed by atoms with E-state index in [9.17, 15) is 9.59 Å². The standard InChI is InChI=1S/2C11H14O2.Zn/c1-11(2,3)9-6-4-8(5-7-9)10(12)13;1-11(2,3)9-6-4-5-8(7-9)10(12)13;/h2*4-7H,1-3H3,(H,12,13);. The van der Waals surface area contributed by atoms with Crippen molar-refractivity contribution in [1.29, 1.82) is 0 Å². The summed E-state index contributed by atoms with van der Waals surface area (Å²) in [5.41, 5.74) is 2.98. The minimum absolute atomic E-state index is 0. The Bertz CT molecular complexity index is 766. The van der Waals surface area contributed by atoms with E-state index in [2.05, 4.69) is 41.5 Å². The molecule has 0 aliphatic carbocycles. The summed E-state index contributed by atoms with van der Waals surface area (Å²) in [6.45, 7) is 12.5. The fraction of sp³-hybridized carbons (Fsp3) is 0.364. The van der Waals surface area contributed by atoms with Gasteiger partial charge in [-0.3, -0.25) is 0 Å². The van der Waals surface area contributed by atoms with Gasteiger partial charge in [-0.25, -0.2) is 9.59 Å². The molecule has 0 bridgehead atoms. The van der Waals surface area contributed by atoms with E-state index in [0.717, 1.165) is 11.1 Å². The van der Waals surface area contributed by atoms with E-state index in [4.69, 9.17) is 10.2 Å². The minimum Gasteiger partial charge on any atom is -0.478 e. The van der Waals surface area contributed by atoms with Crippen LogP contribution in [0.1, 0.15) is 73.4 Å². The Morgan fingerprint density at radius 2 is 1.11 bits per heavy atom. The average Bonchev–Trinajstić information content (AvgIpc) is 2.54. The van der Waals surface area contributed by atoms with Crippen LogP contribution in [-0.4, -0.2) is 22.2 Å². The average molecular weight is 422 g/mol. The molecular formula is C22H28O4Zn. The third-order valence-corrected chi connectivity index (χ3v) is 3.97. The summed E-state index contributed by atoms with van der Waals surface area (Å²) >= 11 is 0. The smallest absolute Gasteiger partial charge is 0.335 e. The Labute approximate surface area is 174 Å². The molecule has 0 aromatic heterocycles. The first-order valence-electron chi connectivity index (χ1n) is 8.50. The zero-order valence-electron chi connectivity index (χ0n) is 17.0. The number of hydrogen-bond donors (Lipinski definition) is 2. The number of aromatic carboxylic acids is 2. The number of carbonyl (C=O) groups is 2. The number of benzene rings is 2. The van der Waals surface area contributed by atoms with Crippen LogP contribution in [0.25, 0.3) is 0 Å². The van der Waals surface area contributed by atoms with Crippen molar-refractivity contribution in [2.24, 2.45) is 0 Å². The Morgan fingerprint density at radius 1 is 0.667 bits per heavy atom. The molecule has 0 fully saturated rings. The van der Waals surface area contributed by atoms with Crippen LogP contribution in [0.5, 0.6) is 0 Å². The van der Waals surface area contributed by atoms with Crippen molar-refractivity contribution in [3.05, 3.63) is 70.8 Å². The second kappa shape index (κ2) is 9.80. The molecule has 5 heteroatoms. The molecule has 0 atom stereocenters. The third-order valence-electron chi connectivity index (χ3n) is 3.97. The van der Waals surface area contributed by atoms with Gasteiger partial charge in [0.25, 0.3) is 0 Å². The molecule has 0 saturated heterocycles. The molecule has 0 unspecified atom stereocenters. The topological polar surface area (TPSA) is 74.6 Å². The van der Waals surface area contributed by atoms with Crippen LogP contribution in [0.2, 0.25) is 0 Å². The maximum Gasteiger partial charge on any atom is 0.335 e. The van der Waals surface area contributed by atoms with Crippen LogP contribution in [0.4, 0.5) is 0 Å². The quantitative estimate of drug-likeness (QED) is 0.640. The van der Waals surface area contributed by atoms with Crippen molar-refractivity contribution in [2.75, 3.05) is 0 Å². The predicted octanol–water partition coefficient (Wildman–Crippen LogP) is 5.36. The molecule has 0 amide bonds. The molecule has 2 aromatic rings. The van der Waals surface area contributed by atoms with Crippen molar-refractivity contribution < 1.29 is 39.3 Å². The van der Waals surface area contributed by atoms with Crippen LogP contribution in [0.15, 0.2) is 48.5 Å². The monoisotopic (exact) mass is 420 g/mol. The minimum atomic E-state index is -0.875. The summed E-state index contributed by atoms with van der Waals surface area (Å²) in [4.78, 5) is 21.2. The Morgan fingerprint density at radius 3 is 1.48 bits per heavy atom. The molecule has 2 N–H and O–H groups in total. The molecule has 0 heterocycles. The van der Waals surface area contributed by atoms with Crippen molar-refractivity contribution in [2.45, 2.75) is 52.4 Å². The maximum atomic E-state index is 10.7. The second-order valence-corrected chi connectivity index (χ2v) is 8.27. The van der Waals surface area contributed by atoms with E-state index < -0.39 is 11.9 Å². The number of carboxylic acids is 2. The second-order valence-electron chi connectivity index (χ2n) is 8.27. The largest absolute Gasteiger partial charge is 0.478 e. The Kier molecular flexibility index (Phi) is 9.07. The molecule has 2 rings (SSSR count). The molecular weight excluding hydrogens is 394 g/mol. The van der Waals surface area contributed by atoms with E-state index >= 15 is 0 Å². The van der Waals surface area contributed by atoms with Gasteiger partial charge in [0.15, 0.2) is 0 Å². The fourth-order valence-corrected chi connectivity index (χ4v) is 2.23. The maximum absolute atomic E-state index is 10.7. The van der Waals surface area contributed by atoms with E-state index in [1.54, 1.807) is 30.3 Å². The van der Waals surface area contributed by atoms with Gasteiger partial charge < -0.3 is 10.2 Å². The molecule has 0 spiro atoms. The van der Waals surface area contributed by atoms with E-state index in [0.29, 0.717) is 11.1 Å². The van der Waals surface area contributed by atoms with Crippen LogP contribution in [-0.2, 0) is 30.3 Å². The van der Waals surface area contributed by atoms with Gasteiger partial charge >= 0.3 is 11.9 Å². The number of hydrogen-bond acceptors (Lipinski definition) is 2. The molecule has 2 aromatic carbocycles. The summed E-state index contributed by atoms with van der Waals surface area (Å²) in [6.07, 6.45) is 0. The Balaban J connectivity index is 0.000000483. The van der Waals surface area contributed by atoms with Gasteiger partial charge in [0.1, 0.15) is 0 Å². The van der Waals surface area contributed by atoms with Gasteiger partial charge in [0, 0.05) is 19.5 Å². The van der Waals surface area contributed by atoms with Gasteiger partial charge in [-0.1, -0.05) is 65.8 Å². The zero-order valence-corrected chi connectivity index (χ0v) is 20.0. The molecule has 0 saturated carbocycles. The van der Waals surface area contributed by atoms with Crippen LogP contribution < -0.4 is 0 Å². The summed E-state index contributed by atoms with van der Waals surface area (Å²) in [7, 11) is 0. The van der Waals surface area contributed by atoms with Crippen molar-refractivity contribution >= 4 is 11.9 Å². The van der Waals surface area contributed by atoms with Gasteiger partial charge in [-0.05, 0) is 46.2 Å². The molecule has 0 aliphatic rings. The first-order valence-corrected chi connectivity index (χ1v) is 8.50. The molecule has 4 nitrogen and oxygen atoms in total. The van der Waals surface area contributed by atoms with Gasteiger partial charge in [-0.15, -0.1) is 0 Å². The summed E-state index contributed by atoms with van der Waals surface area (Å²) < 4.78 is 0. The Hall–Kier alpha value is -2.00. The SMILES string of the molecule is CC(C)(C)c1ccc(C(=O)O)cc1.CC(C)(C)c1cccc(C(=O)O)c1.[Zn]. The number of carboxylic acid groups (broad SMARTS) is 2. The normalized spacial score (nSPS) is 10.9. The first-order chi connectivity index (χ1) is 11.8. The summed E-state index contributed by atoms with van der Waals surface area (Å²) in [5.74, 6) is -1.74. The van der Waals surface area contributed by atoms with Crippen LogP contribution in [0.3, 0.4) is 0 Å². The van der Waals surface area contributed by atoms with Crippen molar-refractivity contribution in [3.8, 4) is 0 Å². The molecule has 142 valence electrons. The summed E-state index contributed by atoms with van der Waals surface area (Å²) in [5, 5.41) is 17.5. The van der Waals surface area contributed by atoms with E-state index in [-0.39, 0.29) is 30.3 Å². The molecule has 0 radical (unpaired) electrons. The van der Waals surface area contributed by atoms with Crippen LogP contribution >= 0.6 is 0 Å². The van der Waals surface area contributed by atoms with Gasteiger partial charge in [0.05, 0.1) is 11.1 Å². The van der Waals surface area contributed by atoms with Crippen molar-refractivity contribution in [1.82, 2.24) is 0 Å². The number of rotatable bonds is 2. The first kappa shape index (κ1) is 25.0.